The number of hydrogen-bond donors (Lipinski definition) is 5. The van der Waals surface area contributed by atoms with Gasteiger partial charge in [0.1, 0.15) is 23.3 Å². The topological polar surface area (TPSA) is 157 Å². The van der Waals surface area contributed by atoms with Crippen molar-refractivity contribution in [1.29, 1.82) is 0 Å². The number of ether oxygens (including phenoxy) is 1. The van der Waals surface area contributed by atoms with Crippen molar-refractivity contribution in [2.75, 3.05) is 32.9 Å². The number of aromatic nitrogens is 4. The molecule has 0 aliphatic carbocycles. The predicted octanol–water partition coefficient (Wildman–Crippen LogP) is 3.62. The molecule has 0 spiro atoms. The predicted molar refractivity (Wildman–Crippen MR) is 170 cm³/mol. The van der Waals surface area contributed by atoms with Gasteiger partial charge in [0, 0.05) is 28.1 Å². The smallest absolute Gasteiger partial charge is 0.329 e. The molecule has 2 atom stereocenters. The minimum Gasteiger partial charge on any atom is -0.493 e. The van der Waals surface area contributed by atoms with Gasteiger partial charge in [-0.05, 0) is 70.6 Å². The van der Waals surface area contributed by atoms with E-state index in [9.17, 15) is 14.7 Å². The maximum atomic E-state index is 13.5. The Morgan fingerprint density at radius 1 is 1.02 bits per heavy atom. The number of rotatable bonds is 12. The van der Waals surface area contributed by atoms with Crippen LogP contribution < -0.4 is 10.4 Å². The first-order chi connectivity index (χ1) is 20.8. The second kappa shape index (κ2) is 13.4. The monoisotopic (exact) mass is 697 g/mol. The van der Waals surface area contributed by atoms with Crippen LogP contribution in [-0.4, -0.2) is 78.6 Å². The van der Waals surface area contributed by atoms with Gasteiger partial charge in [-0.15, -0.1) is 0 Å². The highest BCUT2D eigenvalue weighted by molar-refractivity contribution is 14.1. The molecule has 5 N–H and O–H groups in total. The average molecular weight is 698 g/mol. The van der Waals surface area contributed by atoms with E-state index in [1.165, 1.54) is 9.47 Å². The lowest BCUT2D eigenvalue weighted by Crippen LogP contribution is -2.38. The van der Waals surface area contributed by atoms with E-state index in [1.807, 2.05) is 55.5 Å². The largest absolute Gasteiger partial charge is 0.493 e. The van der Waals surface area contributed by atoms with Crippen molar-refractivity contribution in [2.24, 2.45) is 0 Å². The van der Waals surface area contributed by atoms with E-state index in [4.69, 9.17) is 19.9 Å². The molecule has 0 saturated carbocycles. The number of aliphatic hydroxyl groups is 2. The number of H-pyrrole nitrogens is 2. The summed E-state index contributed by atoms with van der Waals surface area (Å²) < 4.78 is 7.97. The number of halogens is 1. The summed E-state index contributed by atoms with van der Waals surface area (Å²) in [4.78, 5) is 38.1. The van der Waals surface area contributed by atoms with E-state index in [2.05, 4.69) is 32.6 Å². The number of aliphatic hydroxyl groups excluding tert-OH is 2. The van der Waals surface area contributed by atoms with Crippen molar-refractivity contribution in [1.82, 2.24) is 24.4 Å². The fourth-order valence-corrected chi connectivity index (χ4v) is 5.61. The first-order valence-corrected chi connectivity index (χ1v) is 14.8. The number of fused-ring (bicyclic) bond motifs is 1. The van der Waals surface area contributed by atoms with Crippen molar-refractivity contribution in [3.05, 3.63) is 98.2 Å². The van der Waals surface area contributed by atoms with E-state index in [-0.39, 0.29) is 56.3 Å². The summed E-state index contributed by atoms with van der Waals surface area (Å²) in [5, 5.41) is 29.8. The molecule has 0 saturated heterocycles. The van der Waals surface area contributed by atoms with Gasteiger partial charge < -0.3 is 34.9 Å². The quantitative estimate of drug-likeness (QED) is 0.125. The summed E-state index contributed by atoms with van der Waals surface area (Å²) in [6.45, 7) is 1.48. The number of imidazole rings is 2. The molecule has 2 heterocycles. The van der Waals surface area contributed by atoms with Gasteiger partial charge in [0.2, 0.25) is 5.88 Å². The molecule has 1 amide bonds. The minimum atomic E-state index is -0.653. The molecule has 0 aliphatic heterocycles. The first-order valence-electron chi connectivity index (χ1n) is 13.8. The molecule has 43 heavy (non-hydrogen) atoms. The van der Waals surface area contributed by atoms with Gasteiger partial charge in [-0.25, -0.2) is 9.78 Å². The van der Waals surface area contributed by atoms with Crippen LogP contribution >= 0.6 is 22.6 Å². The van der Waals surface area contributed by atoms with Crippen molar-refractivity contribution in [2.45, 2.75) is 18.9 Å². The fraction of sp³-hybridized carbons (Fsp3) is 0.258. The van der Waals surface area contributed by atoms with Crippen LogP contribution in [0, 0.1) is 3.57 Å². The molecule has 0 aliphatic rings. The van der Waals surface area contributed by atoms with Crippen LogP contribution in [0.5, 0.6) is 11.6 Å². The molecule has 0 fully saturated rings. The van der Waals surface area contributed by atoms with Gasteiger partial charge in [-0.2, -0.15) is 0 Å². The second-order valence-corrected chi connectivity index (χ2v) is 11.3. The molecule has 2 aromatic heterocycles. The SMILES string of the molecule is C[C@@H](c1ccccc1)[C@@H](c1nc2ccc(I)cc2[nH]1)n1c(O)c(-c2ccc(OCC(=O)N(CCO)CCO)cc2)[nH]c1=O. The molecule has 3 aromatic carbocycles. The van der Waals surface area contributed by atoms with Crippen molar-refractivity contribution in [3.63, 3.8) is 0 Å². The molecule has 0 unspecified atom stereocenters. The van der Waals surface area contributed by atoms with E-state index in [0.717, 1.165) is 20.2 Å². The van der Waals surface area contributed by atoms with Crippen LogP contribution in [0.25, 0.3) is 22.3 Å². The molecule has 11 nitrogen and oxygen atoms in total. The van der Waals surface area contributed by atoms with Crippen LogP contribution in [-0.2, 0) is 4.79 Å². The van der Waals surface area contributed by atoms with E-state index in [0.29, 0.717) is 17.1 Å². The molecule has 0 radical (unpaired) electrons. The summed E-state index contributed by atoms with van der Waals surface area (Å²) >= 11 is 2.24. The van der Waals surface area contributed by atoms with Gasteiger partial charge in [0.05, 0.1) is 24.2 Å². The summed E-state index contributed by atoms with van der Waals surface area (Å²) in [6, 6.07) is 21.6. The molecule has 5 aromatic rings. The summed E-state index contributed by atoms with van der Waals surface area (Å²) in [5.74, 6) is 0.100. The number of amides is 1. The number of aromatic hydroxyl groups is 1. The lowest BCUT2D eigenvalue weighted by atomic mass is 9.92. The van der Waals surface area contributed by atoms with Crippen molar-refractivity contribution < 1.29 is 24.9 Å². The van der Waals surface area contributed by atoms with Gasteiger partial charge in [0.15, 0.2) is 6.61 Å². The van der Waals surface area contributed by atoms with Gasteiger partial charge in [-0.1, -0.05) is 37.3 Å². The van der Waals surface area contributed by atoms with Crippen LogP contribution in [0.2, 0.25) is 0 Å². The number of aromatic amines is 2. The van der Waals surface area contributed by atoms with Crippen LogP contribution in [0.15, 0.2) is 77.6 Å². The highest BCUT2D eigenvalue weighted by atomic mass is 127. The molecule has 0 bridgehead atoms. The van der Waals surface area contributed by atoms with Crippen molar-refractivity contribution >= 4 is 39.5 Å². The second-order valence-electron chi connectivity index (χ2n) is 10.1. The average Bonchev–Trinajstić information content (AvgIpc) is 3.56. The number of nitrogens with one attached hydrogen (secondary N) is 2. The molecular formula is C31H32IN5O6. The Bertz CT molecular complexity index is 1740. The summed E-state index contributed by atoms with van der Waals surface area (Å²) in [7, 11) is 0. The van der Waals surface area contributed by atoms with E-state index in [1.54, 1.807) is 24.3 Å². The van der Waals surface area contributed by atoms with Crippen molar-refractivity contribution in [3.8, 4) is 22.9 Å². The Labute approximate surface area is 260 Å². The lowest BCUT2D eigenvalue weighted by molar-refractivity contribution is -0.134. The Balaban J connectivity index is 1.45. The third-order valence-electron chi connectivity index (χ3n) is 7.32. The van der Waals surface area contributed by atoms with Gasteiger partial charge >= 0.3 is 5.69 Å². The number of carbonyl (C=O) groups is 1. The Morgan fingerprint density at radius 2 is 1.72 bits per heavy atom. The van der Waals surface area contributed by atoms with Crippen LogP contribution in [0.3, 0.4) is 0 Å². The molecule has 224 valence electrons. The fourth-order valence-electron chi connectivity index (χ4n) is 5.12. The molecular weight excluding hydrogens is 665 g/mol. The molecule has 5 rings (SSSR count). The number of carbonyl (C=O) groups excluding carboxylic acids is 1. The highest BCUT2D eigenvalue weighted by Crippen LogP contribution is 2.38. The Kier molecular flexibility index (Phi) is 9.48. The third kappa shape index (κ3) is 6.60. The maximum absolute atomic E-state index is 13.5. The number of hydrogen-bond acceptors (Lipinski definition) is 7. The summed E-state index contributed by atoms with van der Waals surface area (Å²) in [5.41, 5.74) is 2.85. The number of benzene rings is 3. The first kappa shape index (κ1) is 30.3. The number of nitrogens with zero attached hydrogens (tertiary/aromatic N) is 3. The van der Waals surface area contributed by atoms with Gasteiger partial charge in [-0.3, -0.25) is 9.36 Å². The van der Waals surface area contributed by atoms with Gasteiger partial charge in [0.25, 0.3) is 5.91 Å². The zero-order valence-electron chi connectivity index (χ0n) is 23.4. The minimum absolute atomic E-state index is 0.0997. The highest BCUT2D eigenvalue weighted by Gasteiger charge is 2.31. The van der Waals surface area contributed by atoms with E-state index >= 15 is 0 Å². The Hall–Kier alpha value is -4.14. The normalized spacial score (nSPS) is 12.7. The zero-order valence-corrected chi connectivity index (χ0v) is 25.6. The maximum Gasteiger partial charge on any atom is 0.329 e. The van der Waals surface area contributed by atoms with Crippen LogP contribution in [0.1, 0.15) is 30.3 Å². The molecule has 12 heteroatoms. The zero-order chi connectivity index (χ0) is 30.5. The standard InChI is InChI=1S/C31H32IN5O6/c1-19(20-5-3-2-4-6-20)28(29-33-24-12-9-22(32)17-25(24)34-29)37-30(41)27(35-31(37)42)21-7-10-23(11-8-21)43-18-26(40)36(13-15-38)14-16-39/h2-12,17,19,28,38-39,41H,13-16,18H2,1H3,(H,33,34)(H,35,42)/t19-,28-/m0/s1. The Morgan fingerprint density at radius 3 is 2.40 bits per heavy atom. The lowest BCUT2D eigenvalue weighted by Gasteiger charge is -2.24. The van der Waals surface area contributed by atoms with E-state index < -0.39 is 11.7 Å². The summed E-state index contributed by atoms with van der Waals surface area (Å²) in [6.07, 6.45) is 0. The van der Waals surface area contributed by atoms with Crippen LogP contribution in [0.4, 0.5) is 0 Å². The third-order valence-corrected chi connectivity index (χ3v) is 7.99.